The number of rotatable bonds is 4. The molecule has 3 heterocycles. The van der Waals surface area contributed by atoms with Gasteiger partial charge in [0, 0.05) is 24.2 Å². The van der Waals surface area contributed by atoms with Crippen molar-refractivity contribution in [1.29, 1.82) is 0 Å². The van der Waals surface area contributed by atoms with Crippen molar-refractivity contribution < 1.29 is 4.79 Å². The quantitative estimate of drug-likeness (QED) is 0.763. The van der Waals surface area contributed by atoms with Crippen molar-refractivity contribution >= 4 is 39.6 Å². The van der Waals surface area contributed by atoms with E-state index >= 15 is 0 Å². The minimum atomic E-state index is -0.641. The maximum atomic E-state index is 12.4. The number of pyridine rings is 1. The van der Waals surface area contributed by atoms with Crippen LogP contribution in [0.2, 0.25) is 5.02 Å². The zero-order valence-corrected chi connectivity index (χ0v) is 14.6. The third-order valence-corrected chi connectivity index (χ3v) is 4.66. The fraction of sp³-hybridized carbons (Fsp3) is 0.200. The number of hydrogen-bond acceptors (Lipinski definition) is 6. The highest BCUT2D eigenvalue weighted by Crippen LogP contribution is 2.20. The molecule has 0 spiro atoms. The smallest absolute Gasteiger partial charge is 0.266 e. The van der Waals surface area contributed by atoms with E-state index in [1.54, 1.807) is 25.3 Å². The van der Waals surface area contributed by atoms with Crippen LogP contribution in [0.15, 0.2) is 29.2 Å². The summed E-state index contributed by atoms with van der Waals surface area (Å²) < 4.78 is 1.26. The van der Waals surface area contributed by atoms with E-state index in [9.17, 15) is 9.59 Å². The Balaban J connectivity index is 1.98. The van der Waals surface area contributed by atoms with E-state index in [2.05, 4.69) is 9.97 Å². The first kappa shape index (κ1) is 16.4. The van der Waals surface area contributed by atoms with Crippen LogP contribution in [0.3, 0.4) is 0 Å². The van der Waals surface area contributed by atoms with Crippen LogP contribution in [0.25, 0.3) is 4.96 Å². The molecule has 0 radical (unpaired) electrons. The molecular formula is C15H14ClN5O2S. The van der Waals surface area contributed by atoms with Crippen LogP contribution in [0, 0.1) is 6.92 Å². The average Bonchev–Trinajstić information content (AvgIpc) is 2.84. The first-order chi connectivity index (χ1) is 11.4. The van der Waals surface area contributed by atoms with Crippen molar-refractivity contribution in [3.05, 3.63) is 56.0 Å². The lowest BCUT2D eigenvalue weighted by Gasteiger charge is -2.17. The summed E-state index contributed by atoms with van der Waals surface area (Å²) in [5.74, 6) is 0.0690. The Labute approximate surface area is 146 Å². The van der Waals surface area contributed by atoms with E-state index in [-0.39, 0.29) is 11.3 Å². The summed E-state index contributed by atoms with van der Waals surface area (Å²) in [5.41, 5.74) is 5.79. The van der Waals surface area contributed by atoms with Crippen molar-refractivity contribution in [3.8, 4) is 0 Å². The number of fused-ring (bicyclic) bond motifs is 1. The van der Waals surface area contributed by atoms with Gasteiger partial charge in [-0.1, -0.05) is 11.6 Å². The second-order valence-electron chi connectivity index (χ2n) is 5.27. The van der Waals surface area contributed by atoms with Crippen LogP contribution in [-0.4, -0.2) is 27.3 Å². The van der Waals surface area contributed by atoms with Crippen LogP contribution in [0.4, 0.5) is 5.82 Å². The predicted molar refractivity (Wildman–Crippen MR) is 93.9 cm³/mol. The van der Waals surface area contributed by atoms with Crippen molar-refractivity contribution in [2.45, 2.75) is 13.5 Å². The van der Waals surface area contributed by atoms with Gasteiger partial charge in [0.2, 0.25) is 0 Å². The standard InChI is InChI=1S/C15H14ClN5O2S/c1-8-13(14(17)23)21-12(22)5-10(19-15(21)24-8)7-20(2)11-4-3-9(16)6-18-11/h3-6H,7H2,1-2H3,(H2,17,23). The molecule has 0 atom stereocenters. The van der Waals surface area contributed by atoms with E-state index < -0.39 is 5.91 Å². The van der Waals surface area contributed by atoms with Crippen LogP contribution in [0.1, 0.15) is 21.1 Å². The molecule has 0 bridgehead atoms. The Morgan fingerprint density at radius 1 is 1.46 bits per heavy atom. The lowest BCUT2D eigenvalue weighted by Crippen LogP contribution is -2.25. The molecule has 0 saturated heterocycles. The third kappa shape index (κ3) is 2.98. The Kier molecular flexibility index (Phi) is 4.25. The highest BCUT2D eigenvalue weighted by molar-refractivity contribution is 7.17. The molecule has 0 aliphatic rings. The monoisotopic (exact) mass is 363 g/mol. The summed E-state index contributed by atoms with van der Waals surface area (Å²) in [6, 6.07) is 4.93. The zero-order valence-electron chi connectivity index (χ0n) is 13.0. The Hall–Kier alpha value is -2.45. The minimum absolute atomic E-state index is 0.187. The highest BCUT2D eigenvalue weighted by atomic mass is 35.5. The van der Waals surface area contributed by atoms with Gasteiger partial charge in [0.1, 0.15) is 11.5 Å². The molecular weight excluding hydrogens is 350 g/mol. The molecule has 24 heavy (non-hydrogen) atoms. The van der Waals surface area contributed by atoms with Gasteiger partial charge in [0.15, 0.2) is 4.96 Å². The molecule has 0 unspecified atom stereocenters. The summed E-state index contributed by atoms with van der Waals surface area (Å²) in [6.07, 6.45) is 1.56. The van der Waals surface area contributed by atoms with Crippen LogP contribution < -0.4 is 16.2 Å². The Bertz CT molecular complexity index is 980. The summed E-state index contributed by atoms with van der Waals surface area (Å²) in [6.45, 7) is 2.13. The van der Waals surface area contributed by atoms with E-state index in [4.69, 9.17) is 17.3 Å². The van der Waals surface area contributed by atoms with E-state index in [1.165, 1.54) is 21.8 Å². The second-order valence-corrected chi connectivity index (χ2v) is 6.88. The largest absolute Gasteiger partial charge is 0.364 e. The number of thiazole rings is 1. The molecule has 9 heteroatoms. The fourth-order valence-electron chi connectivity index (χ4n) is 2.41. The van der Waals surface area contributed by atoms with E-state index in [0.29, 0.717) is 32.9 Å². The Morgan fingerprint density at radius 3 is 2.83 bits per heavy atom. The molecule has 2 N–H and O–H groups in total. The fourth-order valence-corrected chi connectivity index (χ4v) is 3.52. The maximum absolute atomic E-state index is 12.4. The van der Waals surface area contributed by atoms with Gasteiger partial charge in [0.05, 0.1) is 17.3 Å². The topological polar surface area (TPSA) is 93.6 Å². The van der Waals surface area contributed by atoms with Gasteiger partial charge in [-0.2, -0.15) is 0 Å². The van der Waals surface area contributed by atoms with Crippen LogP contribution >= 0.6 is 22.9 Å². The maximum Gasteiger partial charge on any atom is 0.266 e. The minimum Gasteiger partial charge on any atom is -0.364 e. The first-order valence-electron chi connectivity index (χ1n) is 7.01. The lowest BCUT2D eigenvalue weighted by atomic mass is 10.3. The van der Waals surface area contributed by atoms with Crippen molar-refractivity contribution in [2.75, 3.05) is 11.9 Å². The third-order valence-electron chi connectivity index (χ3n) is 3.48. The van der Waals surface area contributed by atoms with Crippen molar-refractivity contribution in [2.24, 2.45) is 5.73 Å². The molecule has 0 aromatic carbocycles. The summed E-state index contributed by atoms with van der Waals surface area (Å²) >= 11 is 7.09. The Morgan fingerprint density at radius 2 is 2.21 bits per heavy atom. The average molecular weight is 364 g/mol. The number of carbonyl (C=O) groups is 1. The molecule has 3 aromatic rings. The zero-order chi connectivity index (χ0) is 17.4. The summed E-state index contributed by atoms with van der Waals surface area (Å²) in [7, 11) is 1.84. The predicted octanol–water partition coefficient (Wildman–Crippen LogP) is 1.85. The van der Waals surface area contributed by atoms with Gasteiger partial charge in [-0.15, -0.1) is 11.3 Å². The second kappa shape index (κ2) is 6.21. The molecule has 7 nitrogen and oxygen atoms in total. The molecule has 0 aliphatic carbocycles. The molecule has 3 rings (SSSR count). The number of primary amides is 1. The number of amides is 1. The summed E-state index contributed by atoms with van der Waals surface area (Å²) in [5, 5.41) is 0.554. The number of aromatic nitrogens is 3. The lowest BCUT2D eigenvalue weighted by molar-refractivity contribution is 0.0994. The molecule has 3 aromatic heterocycles. The van der Waals surface area contributed by atoms with Crippen LogP contribution in [-0.2, 0) is 6.54 Å². The van der Waals surface area contributed by atoms with Gasteiger partial charge in [-0.3, -0.25) is 9.59 Å². The number of nitrogens with two attached hydrogens (primary N) is 1. The molecule has 1 amide bonds. The number of carbonyl (C=O) groups excluding carboxylic acids is 1. The number of aryl methyl sites for hydroxylation is 1. The van der Waals surface area contributed by atoms with E-state index in [0.717, 1.165) is 0 Å². The normalized spacial score (nSPS) is 11.0. The first-order valence-corrected chi connectivity index (χ1v) is 8.21. The molecule has 0 saturated carbocycles. The highest BCUT2D eigenvalue weighted by Gasteiger charge is 2.17. The van der Waals surface area contributed by atoms with Crippen LogP contribution in [0.5, 0.6) is 0 Å². The van der Waals surface area contributed by atoms with Crippen molar-refractivity contribution in [3.63, 3.8) is 0 Å². The van der Waals surface area contributed by atoms with Gasteiger partial charge >= 0.3 is 0 Å². The number of anilines is 1. The number of nitrogens with zero attached hydrogens (tertiary/aromatic N) is 4. The van der Waals surface area contributed by atoms with E-state index in [1.807, 2.05) is 11.9 Å². The molecule has 0 fully saturated rings. The SMILES string of the molecule is Cc1sc2nc(CN(C)c3ccc(Cl)cn3)cc(=O)n2c1C(N)=O. The summed E-state index contributed by atoms with van der Waals surface area (Å²) in [4.78, 5) is 35.6. The molecule has 124 valence electrons. The van der Waals surface area contributed by atoms with Gasteiger partial charge in [-0.05, 0) is 19.1 Å². The number of halogens is 1. The van der Waals surface area contributed by atoms with Gasteiger partial charge < -0.3 is 10.6 Å². The van der Waals surface area contributed by atoms with Gasteiger partial charge in [0.25, 0.3) is 11.5 Å². The number of hydrogen-bond donors (Lipinski definition) is 1. The van der Waals surface area contributed by atoms with Gasteiger partial charge in [-0.25, -0.2) is 14.4 Å². The molecule has 0 aliphatic heterocycles. The van der Waals surface area contributed by atoms with Crippen molar-refractivity contribution in [1.82, 2.24) is 14.4 Å².